The second kappa shape index (κ2) is 12.3. The molecule has 0 spiro atoms. The molecule has 6 nitrogen and oxygen atoms in total. The van der Waals surface area contributed by atoms with Crippen molar-refractivity contribution in [3.63, 3.8) is 0 Å². The van der Waals surface area contributed by atoms with Gasteiger partial charge in [0.1, 0.15) is 0 Å². The smallest absolute Gasteiger partial charge is 0.812 e. The molecule has 0 heterocycles. The summed E-state index contributed by atoms with van der Waals surface area (Å²) in [5, 5.41) is 0. The first-order valence-corrected chi connectivity index (χ1v) is 8.78. The summed E-state index contributed by atoms with van der Waals surface area (Å²) in [5.41, 5.74) is 0. The van der Waals surface area contributed by atoms with Crippen molar-refractivity contribution in [1.82, 2.24) is 0 Å². The van der Waals surface area contributed by atoms with Gasteiger partial charge in [-0.3, -0.25) is 0 Å². The summed E-state index contributed by atoms with van der Waals surface area (Å²) >= 11 is 7.76. The van der Waals surface area contributed by atoms with Gasteiger partial charge in [-0.15, -0.1) is 36.8 Å². The molecular weight excluding hydrogens is 390 g/mol. The predicted octanol–water partition coefficient (Wildman–Crippen LogP) is -1.73. The molecule has 0 aromatic rings. The molecule has 17 heavy (non-hydrogen) atoms. The maximum Gasteiger partial charge on any atom is 4.00 e. The Morgan fingerprint density at radius 2 is 1.12 bits per heavy atom. The van der Waals surface area contributed by atoms with Crippen molar-refractivity contribution in [2.45, 2.75) is 0 Å². The van der Waals surface area contributed by atoms with Gasteiger partial charge in [0.05, 0.1) is 13.2 Å². The predicted molar refractivity (Wildman–Crippen MR) is 60.9 cm³/mol. The Bertz CT molecular complexity index is 271. The average molecular weight is 400 g/mol. The largest absolute Gasteiger partial charge is 4.00 e. The maximum absolute atomic E-state index is 9.96. The topological polar surface area (TPSA) is 111 Å². The van der Waals surface area contributed by atoms with Gasteiger partial charge in [-0.2, -0.15) is 0 Å². The van der Waals surface area contributed by atoms with Crippen LogP contribution in [0.25, 0.3) is 0 Å². The fraction of sp³-hybridized carbons (Fsp3) is 0.333. The molecule has 0 saturated carbocycles. The van der Waals surface area contributed by atoms with Gasteiger partial charge in [0.25, 0.3) is 0 Å². The van der Waals surface area contributed by atoms with Gasteiger partial charge < -0.3 is 28.6 Å². The van der Waals surface area contributed by atoms with Crippen LogP contribution in [-0.4, -0.2) is 13.2 Å². The van der Waals surface area contributed by atoms with E-state index in [9.17, 15) is 19.6 Å². The van der Waals surface area contributed by atoms with Crippen LogP contribution in [0.4, 0.5) is 0 Å². The van der Waals surface area contributed by atoms with Gasteiger partial charge in [0.2, 0.25) is 0 Å². The van der Waals surface area contributed by atoms with Gasteiger partial charge in [-0.1, -0.05) is 25.6 Å². The van der Waals surface area contributed by atoms with Crippen LogP contribution >= 0.6 is 13.4 Å². The summed E-state index contributed by atoms with van der Waals surface area (Å²) < 4.78 is 8.15. The summed E-state index contributed by atoms with van der Waals surface area (Å²) in [6.07, 6.45) is 2.63. The molecule has 0 fully saturated rings. The van der Waals surface area contributed by atoms with Crippen LogP contribution in [0.15, 0.2) is 25.3 Å². The zero-order chi connectivity index (χ0) is 13.2. The minimum Gasteiger partial charge on any atom is -0.812 e. The van der Waals surface area contributed by atoms with Crippen LogP contribution in [0.1, 0.15) is 0 Å². The molecule has 0 aliphatic heterocycles. The maximum atomic E-state index is 9.96. The van der Waals surface area contributed by atoms with Crippen molar-refractivity contribution < 1.29 is 49.7 Å². The molecule has 0 aromatic heterocycles. The van der Waals surface area contributed by atoms with Crippen LogP contribution in [0.2, 0.25) is 0 Å². The van der Waals surface area contributed by atoms with Gasteiger partial charge in [-0.25, -0.2) is 0 Å². The summed E-state index contributed by atoms with van der Waals surface area (Å²) in [7, 11) is 0. The van der Waals surface area contributed by atoms with Crippen molar-refractivity contribution >= 4 is 37.1 Å². The van der Waals surface area contributed by atoms with Gasteiger partial charge in [-0.05, 0) is 0 Å². The molecule has 0 radical (unpaired) electrons. The van der Waals surface area contributed by atoms with E-state index in [1.165, 1.54) is 12.2 Å². The van der Waals surface area contributed by atoms with Gasteiger partial charge >= 0.3 is 21.1 Å². The first-order valence-electron chi connectivity index (χ1n) is 3.67. The van der Waals surface area contributed by atoms with Crippen LogP contribution in [0.5, 0.6) is 0 Å². The second-order valence-corrected chi connectivity index (χ2v) is 7.05. The van der Waals surface area contributed by atoms with E-state index < -0.39 is 13.4 Å². The van der Waals surface area contributed by atoms with E-state index >= 15 is 0 Å². The van der Waals surface area contributed by atoms with Crippen LogP contribution < -0.4 is 19.6 Å². The third-order valence-corrected chi connectivity index (χ3v) is 2.26. The van der Waals surface area contributed by atoms with Gasteiger partial charge in [0, 0.05) is 0 Å². The molecule has 0 aliphatic rings. The van der Waals surface area contributed by atoms with E-state index in [4.69, 9.17) is 0 Å². The second-order valence-electron chi connectivity index (χ2n) is 2.06. The van der Waals surface area contributed by atoms with Gasteiger partial charge in [0.15, 0.2) is 0 Å². The molecule has 0 atom stereocenters. The minimum absolute atomic E-state index is 0. The quantitative estimate of drug-likeness (QED) is 0.294. The van der Waals surface area contributed by atoms with E-state index in [-0.39, 0.29) is 34.3 Å². The summed E-state index contributed by atoms with van der Waals surface area (Å²) in [6.45, 7) is -1.45. The Balaban J connectivity index is -0.000000218. The number of hydrogen-bond acceptors (Lipinski definition) is 8. The standard InChI is InChI=1S/2C3H7O3PS.Mo/c2*1-2-3-6-7(4,5)8;/h2*2H,1,3H2,(H2,4,5,8);/q;;+4/p-4. The molecule has 11 heteroatoms. The third kappa shape index (κ3) is 31.7. The first-order chi connectivity index (χ1) is 7.12. The summed E-state index contributed by atoms with van der Waals surface area (Å²) in [6, 6.07) is 0. The zero-order valence-corrected chi connectivity index (χ0v) is 14.0. The SMILES string of the molecule is C=CCOP([O-])([O-])=S.C=CCOP([O-])([O-])=S.[Mo+4]. The Kier molecular flexibility index (Phi) is 16.8. The Morgan fingerprint density at radius 1 is 0.882 bits per heavy atom. The molecule has 0 N–H and O–H groups in total. The van der Waals surface area contributed by atoms with Crippen molar-refractivity contribution in [2.75, 3.05) is 13.2 Å². The van der Waals surface area contributed by atoms with Crippen LogP contribution in [-0.2, 0) is 53.7 Å². The van der Waals surface area contributed by atoms with E-state index in [0.717, 1.165) is 0 Å². The molecule has 0 unspecified atom stereocenters. The zero-order valence-electron chi connectivity index (χ0n) is 8.55. The van der Waals surface area contributed by atoms with Crippen molar-refractivity contribution in [3.05, 3.63) is 25.3 Å². The Morgan fingerprint density at radius 3 is 1.18 bits per heavy atom. The van der Waals surface area contributed by atoms with Crippen molar-refractivity contribution in [2.24, 2.45) is 0 Å². The average Bonchev–Trinajstić information content (AvgIpc) is 2.10. The normalized spacial score (nSPS) is 10.6. The molecular formula is C6H10MoO6P2S2. The van der Waals surface area contributed by atoms with Crippen molar-refractivity contribution in [3.8, 4) is 0 Å². The molecule has 0 bridgehead atoms. The fourth-order valence-corrected chi connectivity index (χ4v) is 1.23. The van der Waals surface area contributed by atoms with E-state index in [1.54, 1.807) is 0 Å². The first kappa shape index (κ1) is 23.3. The van der Waals surface area contributed by atoms with Crippen LogP contribution in [0.3, 0.4) is 0 Å². The molecule has 0 aliphatic carbocycles. The monoisotopic (exact) mass is 402 g/mol. The number of hydrogen-bond donors (Lipinski definition) is 0. The van der Waals surface area contributed by atoms with E-state index in [1.807, 2.05) is 0 Å². The minimum atomic E-state index is -3.92. The fourth-order valence-electron chi connectivity index (χ4n) is 0.288. The summed E-state index contributed by atoms with van der Waals surface area (Å²) in [4.78, 5) is 39.9. The van der Waals surface area contributed by atoms with E-state index in [2.05, 4.69) is 45.8 Å². The number of rotatable bonds is 6. The molecule has 0 amide bonds. The Labute approximate surface area is 125 Å². The molecule has 0 saturated heterocycles. The summed E-state index contributed by atoms with van der Waals surface area (Å²) in [5.74, 6) is 0. The molecule has 98 valence electrons. The molecule has 0 aromatic carbocycles. The third-order valence-electron chi connectivity index (χ3n) is 0.701. The molecule has 0 rings (SSSR count). The van der Waals surface area contributed by atoms with Crippen molar-refractivity contribution in [1.29, 1.82) is 0 Å². The van der Waals surface area contributed by atoms with E-state index in [0.29, 0.717) is 0 Å². The van der Waals surface area contributed by atoms with Crippen LogP contribution in [0, 0.1) is 0 Å². The Hall–Kier alpha value is 1.23.